The van der Waals surface area contributed by atoms with Gasteiger partial charge in [-0.1, -0.05) is 6.57 Å². The lowest BCUT2D eigenvalue weighted by molar-refractivity contribution is -0.151. The normalized spacial score (nSPS) is 16.6. The number of nitrogens with one attached hydrogen (secondary N) is 1. The molecule has 0 spiro atoms. The van der Waals surface area contributed by atoms with Crippen LogP contribution in [0.3, 0.4) is 0 Å². The standard InChI is InChI=1S/C21H20F3N7O/c1-13-9-31(12-26-13)16-5-7-17(28-19(16)25-2)27-18-6-4-14-10-30(3)11-15(8-21(22,23)24)32-20(14)29-18/h4-7,9,12,15H,8,10-11H2,1,3H3,(H,27,28,29). The average molecular weight is 443 g/mol. The zero-order chi connectivity index (χ0) is 22.9. The third-order valence-electron chi connectivity index (χ3n) is 4.84. The van der Waals surface area contributed by atoms with E-state index in [1.165, 1.54) is 0 Å². The fourth-order valence-electron chi connectivity index (χ4n) is 3.50. The van der Waals surface area contributed by atoms with Crippen LogP contribution in [0.5, 0.6) is 5.88 Å². The fourth-order valence-corrected chi connectivity index (χ4v) is 3.50. The Morgan fingerprint density at radius 1 is 1.22 bits per heavy atom. The van der Waals surface area contributed by atoms with E-state index in [1.807, 2.05) is 6.92 Å². The van der Waals surface area contributed by atoms with E-state index in [1.54, 1.807) is 53.3 Å². The molecule has 1 aliphatic rings. The smallest absolute Gasteiger partial charge is 0.392 e. The van der Waals surface area contributed by atoms with Crippen LogP contribution in [0.4, 0.5) is 30.6 Å². The highest BCUT2D eigenvalue weighted by molar-refractivity contribution is 5.63. The summed E-state index contributed by atoms with van der Waals surface area (Å²) >= 11 is 0. The molecular formula is C21H20F3N7O. The quantitative estimate of drug-likeness (QED) is 0.603. The van der Waals surface area contributed by atoms with Crippen LogP contribution in [0.1, 0.15) is 17.7 Å². The second-order valence-electron chi connectivity index (χ2n) is 7.62. The minimum absolute atomic E-state index is 0.143. The number of halogens is 3. The molecule has 1 unspecified atom stereocenters. The molecule has 0 aliphatic carbocycles. The van der Waals surface area contributed by atoms with Gasteiger partial charge in [-0.2, -0.15) is 18.2 Å². The fraction of sp³-hybridized carbons (Fsp3) is 0.333. The van der Waals surface area contributed by atoms with Crippen molar-refractivity contribution in [2.24, 2.45) is 0 Å². The summed E-state index contributed by atoms with van der Waals surface area (Å²) in [7, 11) is 1.74. The summed E-state index contributed by atoms with van der Waals surface area (Å²) in [5.74, 6) is 1.06. The zero-order valence-electron chi connectivity index (χ0n) is 17.4. The van der Waals surface area contributed by atoms with Crippen LogP contribution in [0.2, 0.25) is 0 Å². The Balaban J connectivity index is 1.58. The molecule has 3 aromatic heterocycles. The summed E-state index contributed by atoms with van der Waals surface area (Å²) in [6, 6.07) is 6.88. The Hall–Kier alpha value is -3.65. The molecule has 0 saturated carbocycles. The van der Waals surface area contributed by atoms with Gasteiger partial charge in [0.1, 0.15) is 11.9 Å². The van der Waals surface area contributed by atoms with Crippen LogP contribution in [0.15, 0.2) is 36.8 Å². The van der Waals surface area contributed by atoms with Crippen molar-refractivity contribution in [2.45, 2.75) is 32.2 Å². The molecule has 0 fully saturated rings. The van der Waals surface area contributed by atoms with E-state index in [0.717, 1.165) is 5.69 Å². The van der Waals surface area contributed by atoms with Gasteiger partial charge in [0.05, 0.1) is 24.1 Å². The van der Waals surface area contributed by atoms with Gasteiger partial charge >= 0.3 is 6.18 Å². The maximum atomic E-state index is 12.9. The second kappa shape index (κ2) is 8.47. The molecule has 11 heteroatoms. The highest BCUT2D eigenvalue weighted by Crippen LogP contribution is 2.31. The summed E-state index contributed by atoms with van der Waals surface area (Å²) in [5.41, 5.74) is 2.09. The molecule has 1 N–H and O–H groups in total. The van der Waals surface area contributed by atoms with E-state index in [4.69, 9.17) is 11.3 Å². The molecular weight excluding hydrogens is 423 g/mol. The summed E-state index contributed by atoms with van der Waals surface area (Å²) in [6.45, 7) is 9.86. The lowest BCUT2D eigenvalue weighted by Crippen LogP contribution is -2.34. The highest BCUT2D eigenvalue weighted by Gasteiger charge is 2.35. The van der Waals surface area contributed by atoms with E-state index in [0.29, 0.717) is 29.4 Å². The first kappa shape index (κ1) is 21.6. The van der Waals surface area contributed by atoms with Crippen LogP contribution in [-0.2, 0) is 6.54 Å². The molecule has 1 aliphatic heterocycles. The number of hydrogen-bond donors (Lipinski definition) is 1. The topological polar surface area (TPSA) is 72.5 Å². The van der Waals surface area contributed by atoms with Gasteiger partial charge in [0, 0.05) is 30.9 Å². The molecule has 1 atom stereocenters. The summed E-state index contributed by atoms with van der Waals surface area (Å²) in [5, 5.41) is 3.00. The monoisotopic (exact) mass is 443 g/mol. The molecule has 0 bridgehead atoms. The molecule has 0 saturated heterocycles. The number of nitrogens with zero attached hydrogens (tertiary/aromatic N) is 6. The number of aromatic nitrogens is 4. The Kier molecular flexibility index (Phi) is 5.71. The number of fused-ring (bicyclic) bond motifs is 1. The number of likely N-dealkylation sites (N-methyl/N-ethyl adjacent to an activating group) is 1. The van der Waals surface area contributed by atoms with Crippen LogP contribution < -0.4 is 10.1 Å². The molecule has 166 valence electrons. The maximum absolute atomic E-state index is 12.9. The third-order valence-corrected chi connectivity index (χ3v) is 4.84. The first-order chi connectivity index (χ1) is 15.2. The number of hydrogen-bond acceptors (Lipinski definition) is 6. The SMILES string of the molecule is [C-]#[N+]c1nc(Nc2ccc3c(n2)OC(CC(F)(F)F)CN(C)C3)ccc1-n1cnc(C)c1. The number of ether oxygens (including phenoxy) is 1. The summed E-state index contributed by atoms with van der Waals surface area (Å²) in [6.07, 6.45) is -3.04. The molecule has 8 nitrogen and oxygen atoms in total. The van der Waals surface area contributed by atoms with Crippen LogP contribution >= 0.6 is 0 Å². The number of aryl methyl sites for hydroxylation is 1. The molecule has 0 aromatic carbocycles. The summed E-state index contributed by atoms with van der Waals surface area (Å²) < 4.78 is 46.0. The van der Waals surface area contributed by atoms with E-state index in [9.17, 15) is 13.2 Å². The average Bonchev–Trinajstić information content (AvgIpc) is 3.07. The second-order valence-corrected chi connectivity index (χ2v) is 7.62. The van der Waals surface area contributed by atoms with Crippen molar-refractivity contribution < 1.29 is 17.9 Å². The van der Waals surface area contributed by atoms with Gasteiger partial charge in [0.15, 0.2) is 0 Å². The van der Waals surface area contributed by atoms with Crippen LogP contribution in [-0.4, -0.2) is 50.3 Å². The van der Waals surface area contributed by atoms with Gasteiger partial charge in [-0.05, 0) is 32.2 Å². The van der Waals surface area contributed by atoms with Crippen molar-refractivity contribution in [2.75, 3.05) is 18.9 Å². The number of pyridine rings is 2. The Labute approximate surface area is 182 Å². The Bertz CT molecular complexity index is 1170. The Morgan fingerprint density at radius 3 is 2.66 bits per heavy atom. The first-order valence-electron chi connectivity index (χ1n) is 9.78. The van der Waals surface area contributed by atoms with Crippen molar-refractivity contribution in [3.8, 4) is 11.6 Å². The van der Waals surface area contributed by atoms with Gasteiger partial charge in [-0.3, -0.25) is 4.90 Å². The van der Waals surface area contributed by atoms with Crippen molar-refractivity contribution in [1.82, 2.24) is 24.4 Å². The minimum atomic E-state index is -4.33. The predicted octanol–water partition coefficient (Wildman–Crippen LogP) is 4.41. The molecule has 0 amide bonds. The van der Waals surface area contributed by atoms with E-state index in [-0.39, 0.29) is 18.2 Å². The van der Waals surface area contributed by atoms with Crippen molar-refractivity contribution in [1.29, 1.82) is 0 Å². The first-order valence-corrected chi connectivity index (χ1v) is 9.78. The molecule has 3 aromatic rings. The van der Waals surface area contributed by atoms with E-state index >= 15 is 0 Å². The van der Waals surface area contributed by atoms with Crippen LogP contribution in [0.25, 0.3) is 10.5 Å². The zero-order valence-corrected chi connectivity index (χ0v) is 17.4. The number of anilines is 2. The number of rotatable bonds is 4. The lowest BCUT2D eigenvalue weighted by atomic mass is 10.2. The van der Waals surface area contributed by atoms with Crippen LogP contribution in [0, 0.1) is 13.5 Å². The number of alkyl halides is 3. The van der Waals surface area contributed by atoms with E-state index < -0.39 is 18.7 Å². The van der Waals surface area contributed by atoms with Gasteiger partial charge < -0.3 is 19.5 Å². The van der Waals surface area contributed by atoms with Gasteiger partial charge in [-0.15, -0.1) is 4.98 Å². The van der Waals surface area contributed by atoms with Gasteiger partial charge in [0.25, 0.3) is 5.82 Å². The number of imidazole rings is 1. The van der Waals surface area contributed by atoms with E-state index in [2.05, 4.69) is 25.1 Å². The molecule has 4 heterocycles. The van der Waals surface area contributed by atoms with Crippen molar-refractivity contribution in [3.05, 3.63) is 59.5 Å². The minimum Gasteiger partial charge on any atom is -0.472 e. The largest absolute Gasteiger partial charge is 0.472 e. The molecule has 32 heavy (non-hydrogen) atoms. The third kappa shape index (κ3) is 4.97. The van der Waals surface area contributed by atoms with Gasteiger partial charge in [-0.25, -0.2) is 4.98 Å². The lowest BCUT2D eigenvalue weighted by Gasteiger charge is -2.21. The Morgan fingerprint density at radius 2 is 1.97 bits per heavy atom. The molecule has 4 rings (SSSR count). The summed E-state index contributed by atoms with van der Waals surface area (Å²) in [4.78, 5) is 18.1. The highest BCUT2D eigenvalue weighted by atomic mass is 19.4. The van der Waals surface area contributed by atoms with Crippen molar-refractivity contribution in [3.63, 3.8) is 0 Å². The predicted molar refractivity (Wildman–Crippen MR) is 111 cm³/mol. The van der Waals surface area contributed by atoms with Gasteiger partial charge in [0.2, 0.25) is 11.7 Å². The van der Waals surface area contributed by atoms with Crippen molar-refractivity contribution >= 4 is 17.5 Å². The maximum Gasteiger partial charge on any atom is 0.392 e. The molecule has 0 radical (unpaired) electrons.